The molecule has 74 valence electrons. The lowest BCUT2D eigenvalue weighted by molar-refractivity contribution is -0.112. The number of hydrogen-bond acceptors (Lipinski definition) is 2. The Morgan fingerprint density at radius 3 is 2.79 bits per heavy atom. The van der Waals surface area contributed by atoms with Crippen LogP contribution < -0.4 is 5.32 Å². The third-order valence-electron chi connectivity index (χ3n) is 1.99. The van der Waals surface area contributed by atoms with Crippen LogP contribution in [0.5, 0.6) is 0 Å². The van der Waals surface area contributed by atoms with Gasteiger partial charge in [0, 0.05) is 12.7 Å². The Morgan fingerprint density at radius 2 is 2.14 bits per heavy atom. The van der Waals surface area contributed by atoms with Gasteiger partial charge in [-0.15, -0.1) is 0 Å². The van der Waals surface area contributed by atoms with Crippen molar-refractivity contribution in [1.29, 1.82) is 0 Å². The summed E-state index contributed by atoms with van der Waals surface area (Å²) in [4.78, 5) is 10.6. The van der Waals surface area contributed by atoms with Crippen molar-refractivity contribution < 1.29 is 4.79 Å². The van der Waals surface area contributed by atoms with Gasteiger partial charge in [0.2, 0.25) is 0 Å². The number of ketones is 1. The molecule has 0 aliphatic rings. The first kappa shape index (κ1) is 10.5. The predicted octanol–water partition coefficient (Wildman–Crippen LogP) is 2.19. The minimum absolute atomic E-state index is 0.0577. The number of aryl methyl sites for hydroxylation is 1. The lowest BCUT2D eigenvalue weighted by Gasteiger charge is -2.04. The van der Waals surface area contributed by atoms with Gasteiger partial charge in [0.1, 0.15) is 0 Å². The lowest BCUT2D eigenvalue weighted by atomic mass is 10.1. The van der Waals surface area contributed by atoms with Crippen LogP contribution in [0, 0.1) is 6.92 Å². The maximum atomic E-state index is 10.6. The summed E-state index contributed by atoms with van der Waals surface area (Å²) in [6, 6.07) is 8.18. The highest BCUT2D eigenvalue weighted by molar-refractivity contribution is 5.87. The van der Waals surface area contributed by atoms with E-state index in [1.807, 2.05) is 12.1 Å². The van der Waals surface area contributed by atoms with E-state index in [9.17, 15) is 4.79 Å². The summed E-state index contributed by atoms with van der Waals surface area (Å²) in [7, 11) is 0. The SMILES string of the molecule is CC(=O)C=CNCc1ccccc1C. The molecule has 0 aromatic heterocycles. The number of nitrogens with one attached hydrogen (secondary N) is 1. The molecule has 0 radical (unpaired) electrons. The van der Waals surface area contributed by atoms with Crippen LogP contribution in [0.4, 0.5) is 0 Å². The van der Waals surface area contributed by atoms with Gasteiger partial charge >= 0.3 is 0 Å². The fourth-order valence-corrected chi connectivity index (χ4v) is 1.15. The molecule has 0 bridgehead atoms. The number of rotatable bonds is 4. The number of benzene rings is 1. The maximum absolute atomic E-state index is 10.6. The third-order valence-corrected chi connectivity index (χ3v) is 1.99. The van der Waals surface area contributed by atoms with Crippen molar-refractivity contribution in [2.75, 3.05) is 0 Å². The van der Waals surface area contributed by atoms with Gasteiger partial charge in [-0.25, -0.2) is 0 Å². The van der Waals surface area contributed by atoms with Gasteiger partial charge in [0.25, 0.3) is 0 Å². The average Bonchev–Trinajstić information content (AvgIpc) is 2.15. The predicted molar refractivity (Wildman–Crippen MR) is 57.8 cm³/mol. The van der Waals surface area contributed by atoms with Gasteiger partial charge in [-0.2, -0.15) is 0 Å². The van der Waals surface area contributed by atoms with E-state index in [4.69, 9.17) is 0 Å². The van der Waals surface area contributed by atoms with E-state index < -0.39 is 0 Å². The molecule has 2 heteroatoms. The molecule has 0 aliphatic heterocycles. The largest absolute Gasteiger partial charge is 0.387 e. The monoisotopic (exact) mass is 189 g/mol. The lowest BCUT2D eigenvalue weighted by Crippen LogP contribution is -2.06. The van der Waals surface area contributed by atoms with Crippen molar-refractivity contribution in [3.8, 4) is 0 Å². The van der Waals surface area contributed by atoms with Gasteiger partial charge in [-0.05, 0) is 31.1 Å². The highest BCUT2D eigenvalue weighted by Crippen LogP contribution is 2.05. The van der Waals surface area contributed by atoms with E-state index in [1.54, 1.807) is 6.20 Å². The highest BCUT2D eigenvalue weighted by atomic mass is 16.1. The van der Waals surface area contributed by atoms with Gasteiger partial charge in [-0.3, -0.25) is 4.79 Å². The molecule has 2 nitrogen and oxygen atoms in total. The van der Waals surface area contributed by atoms with Gasteiger partial charge < -0.3 is 5.32 Å². The van der Waals surface area contributed by atoms with Crippen LogP contribution in [0.3, 0.4) is 0 Å². The standard InChI is InChI=1S/C12H15NO/c1-10-5-3-4-6-12(10)9-13-8-7-11(2)14/h3-8,13H,9H2,1-2H3. The summed E-state index contributed by atoms with van der Waals surface area (Å²) in [5.74, 6) is 0.0577. The Bertz CT molecular complexity index is 342. The first-order chi connectivity index (χ1) is 6.70. The molecule has 0 atom stereocenters. The van der Waals surface area contributed by atoms with Crippen molar-refractivity contribution in [2.24, 2.45) is 0 Å². The van der Waals surface area contributed by atoms with Gasteiger partial charge in [-0.1, -0.05) is 24.3 Å². The number of hydrogen-bond donors (Lipinski definition) is 1. The van der Waals surface area contributed by atoms with Crippen LogP contribution in [-0.2, 0) is 11.3 Å². The van der Waals surface area contributed by atoms with Gasteiger partial charge in [0.15, 0.2) is 5.78 Å². The van der Waals surface area contributed by atoms with Crippen LogP contribution >= 0.6 is 0 Å². The minimum atomic E-state index is 0.0577. The molecule has 1 rings (SSSR count). The van der Waals surface area contributed by atoms with E-state index in [1.165, 1.54) is 24.1 Å². The summed E-state index contributed by atoms with van der Waals surface area (Å²) in [6.45, 7) is 4.37. The maximum Gasteiger partial charge on any atom is 0.154 e. The Kier molecular flexibility index (Phi) is 3.92. The topological polar surface area (TPSA) is 29.1 Å². The summed E-state index contributed by atoms with van der Waals surface area (Å²) < 4.78 is 0. The zero-order valence-electron chi connectivity index (χ0n) is 8.58. The molecule has 0 heterocycles. The summed E-state index contributed by atoms with van der Waals surface area (Å²) in [6.07, 6.45) is 3.22. The van der Waals surface area contributed by atoms with Crippen LogP contribution in [0.15, 0.2) is 36.5 Å². The molecule has 0 amide bonds. The molecule has 0 saturated carbocycles. The van der Waals surface area contributed by atoms with Crippen molar-refractivity contribution >= 4 is 5.78 Å². The van der Waals surface area contributed by atoms with E-state index >= 15 is 0 Å². The first-order valence-corrected chi connectivity index (χ1v) is 4.65. The average molecular weight is 189 g/mol. The molecule has 0 aliphatic carbocycles. The normalized spacial score (nSPS) is 10.4. The van der Waals surface area contributed by atoms with E-state index in [-0.39, 0.29) is 5.78 Å². The molecule has 1 aromatic rings. The molecule has 1 N–H and O–H groups in total. The molecule has 0 saturated heterocycles. The molecule has 0 unspecified atom stereocenters. The second kappa shape index (κ2) is 5.22. The van der Waals surface area contributed by atoms with E-state index in [2.05, 4.69) is 24.4 Å². The molecule has 1 aromatic carbocycles. The Balaban J connectivity index is 2.46. The van der Waals surface area contributed by atoms with Crippen molar-refractivity contribution in [3.63, 3.8) is 0 Å². The zero-order valence-corrected chi connectivity index (χ0v) is 8.58. The number of allylic oxidation sites excluding steroid dienone is 1. The smallest absolute Gasteiger partial charge is 0.154 e. The first-order valence-electron chi connectivity index (χ1n) is 4.65. The number of carbonyl (C=O) groups excluding carboxylic acids is 1. The Labute approximate surface area is 84.6 Å². The summed E-state index contributed by atoms with van der Waals surface area (Å²) >= 11 is 0. The Morgan fingerprint density at radius 1 is 1.43 bits per heavy atom. The molecule has 14 heavy (non-hydrogen) atoms. The minimum Gasteiger partial charge on any atom is -0.387 e. The molecule has 0 fully saturated rings. The van der Waals surface area contributed by atoms with Crippen molar-refractivity contribution in [2.45, 2.75) is 20.4 Å². The van der Waals surface area contributed by atoms with E-state index in [0.717, 1.165) is 6.54 Å². The quantitative estimate of drug-likeness (QED) is 0.735. The summed E-state index contributed by atoms with van der Waals surface area (Å²) in [5, 5.41) is 3.07. The zero-order chi connectivity index (χ0) is 10.4. The fraction of sp³-hybridized carbons (Fsp3) is 0.250. The second-order valence-corrected chi connectivity index (χ2v) is 3.25. The van der Waals surface area contributed by atoms with Crippen molar-refractivity contribution in [1.82, 2.24) is 5.32 Å². The highest BCUT2D eigenvalue weighted by Gasteiger charge is 1.93. The van der Waals surface area contributed by atoms with Crippen molar-refractivity contribution in [3.05, 3.63) is 47.7 Å². The number of carbonyl (C=O) groups is 1. The van der Waals surface area contributed by atoms with E-state index in [0.29, 0.717) is 0 Å². The third kappa shape index (κ3) is 3.44. The second-order valence-electron chi connectivity index (χ2n) is 3.25. The van der Waals surface area contributed by atoms with Crippen LogP contribution in [-0.4, -0.2) is 5.78 Å². The van der Waals surface area contributed by atoms with Crippen LogP contribution in [0.25, 0.3) is 0 Å². The fourth-order valence-electron chi connectivity index (χ4n) is 1.15. The summed E-state index contributed by atoms with van der Waals surface area (Å²) in [5.41, 5.74) is 2.51. The molecular formula is C12H15NO. The Hall–Kier alpha value is -1.57. The molecular weight excluding hydrogens is 174 g/mol. The van der Waals surface area contributed by atoms with Crippen LogP contribution in [0.1, 0.15) is 18.1 Å². The van der Waals surface area contributed by atoms with Gasteiger partial charge in [0.05, 0.1) is 0 Å². The molecule has 0 spiro atoms. The van der Waals surface area contributed by atoms with Crippen LogP contribution in [0.2, 0.25) is 0 Å².